The second-order valence-electron chi connectivity index (χ2n) is 6.45. The number of aromatic amines is 2. The van der Waals surface area contributed by atoms with Crippen molar-refractivity contribution in [3.05, 3.63) is 40.3 Å². The molecule has 0 spiro atoms. The molecule has 2 aromatic heterocycles. The molecule has 1 fully saturated rings. The minimum atomic E-state index is -0.214. The molecule has 0 atom stereocenters. The number of anilines is 3. The van der Waals surface area contributed by atoms with E-state index in [1.807, 2.05) is 6.07 Å². The molecule has 3 aromatic rings. The molecule has 25 heavy (non-hydrogen) atoms. The van der Waals surface area contributed by atoms with Crippen LogP contribution in [0.3, 0.4) is 0 Å². The van der Waals surface area contributed by atoms with Gasteiger partial charge in [-0.05, 0) is 37.7 Å². The first kappa shape index (κ1) is 15.6. The molecule has 0 unspecified atom stereocenters. The Balaban J connectivity index is 1.54. The van der Waals surface area contributed by atoms with Gasteiger partial charge in [0.15, 0.2) is 5.65 Å². The highest BCUT2D eigenvalue weighted by Crippen LogP contribution is 2.25. The summed E-state index contributed by atoms with van der Waals surface area (Å²) in [5, 5.41) is 8.90. The number of fused-ring (bicyclic) bond motifs is 1. The zero-order valence-corrected chi connectivity index (χ0v) is 14.3. The lowest BCUT2D eigenvalue weighted by molar-refractivity contribution is 0.312. The van der Waals surface area contributed by atoms with Crippen molar-refractivity contribution in [2.24, 2.45) is 0 Å². The molecule has 1 aliphatic rings. The Bertz CT molecular complexity index is 953. The van der Waals surface area contributed by atoms with E-state index in [4.69, 9.17) is 0 Å². The van der Waals surface area contributed by atoms with Crippen molar-refractivity contribution < 1.29 is 0 Å². The second kappa shape index (κ2) is 6.21. The van der Waals surface area contributed by atoms with Crippen molar-refractivity contribution in [1.29, 1.82) is 0 Å². The fourth-order valence-corrected chi connectivity index (χ4v) is 3.15. The fourth-order valence-electron chi connectivity index (χ4n) is 3.15. The Morgan fingerprint density at radius 1 is 1.16 bits per heavy atom. The van der Waals surface area contributed by atoms with E-state index in [0.29, 0.717) is 17.0 Å². The van der Waals surface area contributed by atoms with Gasteiger partial charge in [0, 0.05) is 43.8 Å². The van der Waals surface area contributed by atoms with Crippen LogP contribution < -0.4 is 15.8 Å². The third kappa shape index (κ3) is 3.08. The van der Waals surface area contributed by atoms with Gasteiger partial charge in [-0.1, -0.05) is 0 Å². The van der Waals surface area contributed by atoms with Gasteiger partial charge in [0.05, 0.1) is 0 Å². The predicted molar refractivity (Wildman–Crippen MR) is 98.7 cm³/mol. The van der Waals surface area contributed by atoms with Gasteiger partial charge >= 0.3 is 0 Å². The molecule has 0 amide bonds. The number of hydrogen-bond acceptors (Lipinski definition) is 6. The van der Waals surface area contributed by atoms with Gasteiger partial charge in [0.25, 0.3) is 5.56 Å². The quantitative estimate of drug-likeness (QED) is 0.669. The van der Waals surface area contributed by atoms with Crippen LogP contribution in [-0.2, 0) is 0 Å². The molecule has 0 radical (unpaired) electrons. The summed E-state index contributed by atoms with van der Waals surface area (Å²) in [5.74, 6) is 0.453. The molecule has 0 bridgehead atoms. The van der Waals surface area contributed by atoms with Crippen molar-refractivity contribution in [3.63, 3.8) is 0 Å². The maximum absolute atomic E-state index is 11.5. The number of nitrogens with one attached hydrogen (secondary N) is 3. The van der Waals surface area contributed by atoms with E-state index in [1.54, 1.807) is 0 Å². The van der Waals surface area contributed by atoms with E-state index in [0.717, 1.165) is 31.9 Å². The number of aryl methyl sites for hydroxylation is 1. The van der Waals surface area contributed by atoms with Crippen molar-refractivity contribution in [3.8, 4) is 0 Å². The second-order valence-corrected chi connectivity index (χ2v) is 6.45. The summed E-state index contributed by atoms with van der Waals surface area (Å²) in [6.07, 6.45) is 1.52. The summed E-state index contributed by atoms with van der Waals surface area (Å²) in [4.78, 5) is 24.8. The third-order valence-electron chi connectivity index (χ3n) is 4.62. The first-order valence-electron chi connectivity index (χ1n) is 8.35. The monoisotopic (exact) mass is 339 g/mol. The molecule has 0 saturated carbocycles. The molecule has 8 heteroatoms. The minimum Gasteiger partial charge on any atom is -0.369 e. The summed E-state index contributed by atoms with van der Waals surface area (Å²) >= 11 is 0. The Labute approximate surface area is 144 Å². The summed E-state index contributed by atoms with van der Waals surface area (Å²) in [7, 11) is 2.16. The number of rotatable bonds is 3. The molecule has 3 N–H and O–H groups in total. The lowest BCUT2D eigenvalue weighted by atomic mass is 10.1. The minimum absolute atomic E-state index is 0.214. The zero-order chi connectivity index (χ0) is 17.4. The van der Waals surface area contributed by atoms with E-state index in [2.05, 4.69) is 61.4 Å². The SMILES string of the molecule is Cc1cc(Nc2ncc3c(=O)[nH][nH]c3n2)ccc1N1CCN(C)CC1. The number of piperazine rings is 1. The van der Waals surface area contributed by atoms with Gasteiger partial charge in [-0.3, -0.25) is 15.0 Å². The molecule has 1 aromatic carbocycles. The summed E-state index contributed by atoms with van der Waals surface area (Å²) in [6.45, 7) is 6.38. The van der Waals surface area contributed by atoms with Gasteiger partial charge in [-0.2, -0.15) is 4.98 Å². The van der Waals surface area contributed by atoms with Crippen molar-refractivity contribution >= 4 is 28.4 Å². The molecular weight excluding hydrogens is 318 g/mol. The smallest absolute Gasteiger partial charge is 0.275 e. The Kier molecular flexibility index (Phi) is 3.89. The molecule has 130 valence electrons. The zero-order valence-electron chi connectivity index (χ0n) is 14.3. The molecular formula is C17H21N7O. The molecule has 0 aliphatic carbocycles. The normalized spacial score (nSPS) is 15.7. The van der Waals surface area contributed by atoms with Gasteiger partial charge in [-0.15, -0.1) is 0 Å². The van der Waals surface area contributed by atoms with E-state index >= 15 is 0 Å². The van der Waals surface area contributed by atoms with Crippen molar-refractivity contribution in [2.75, 3.05) is 43.4 Å². The van der Waals surface area contributed by atoms with Crippen LogP contribution in [-0.4, -0.2) is 58.3 Å². The van der Waals surface area contributed by atoms with Crippen molar-refractivity contribution in [1.82, 2.24) is 25.1 Å². The molecule has 8 nitrogen and oxygen atoms in total. The van der Waals surface area contributed by atoms with Gasteiger partial charge in [0.1, 0.15) is 5.39 Å². The molecule has 1 saturated heterocycles. The lowest BCUT2D eigenvalue weighted by Gasteiger charge is -2.35. The van der Waals surface area contributed by atoms with Crippen LogP contribution in [0.25, 0.3) is 11.0 Å². The topological polar surface area (TPSA) is 92.9 Å². The first-order chi connectivity index (χ1) is 12.1. The number of aromatic nitrogens is 4. The maximum atomic E-state index is 11.5. The number of benzene rings is 1. The Morgan fingerprint density at radius 3 is 2.72 bits per heavy atom. The molecule has 3 heterocycles. The Hall–Kier alpha value is -2.87. The fraction of sp³-hybridized carbons (Fsp3) is 0.353. The standard InChI is InChI=1S/C17H21N7O/c1-11-9-12(3-4-14(11)24-7-5-23(2)6-8-24)19-17-18-10-13-15(20-17)21-22-16(13)25/h3-4,9-10H,5-8H2,1-2H3,(H3,18,19,20,21,22,25). The molecule has 1 aliphatic heterocycles. The highest BCUT2D eigenvalue weighted by atomic mass is 16.1. The van der Waals surface area contributed by atoms with Crippen LogP contribution in [0.15, 0.2) is 29.2 Å². The van der Waals surface area contributed by atoms with Gasteiger partial charge < -0.3 is 15.1 Å². The average Bonchev–Trinajstić information content (AvgIpc) is 2.97. The van der Waals surface area contributed by atoms with Crippen LogP contribution in [0, 0.1) is 6.92 Å². The summed E-state index contributed by atoms with van der Waals surface area (Å²) in [5.41, 5.74) is 3.69. The van der Waals surface area contributed by atoms with E-state index in [9.17, 15) is 4.79 Å². The van der Waals surface area contributed by atoms with E-state index in [1.165, 1.54) is 17.4 Å². The van der Waals surface area contributed by atoms with Crippen LogP contribution in [0.2, 0.25) is 0 Å². The van der Waals surface area contributed by atoms with Gasteiger partial charge in [0.2, 0.25) is 5.95 Å². The first-order valence-corrected chi connectivity index (χ1v) is 8.35. The highest BCUT2D eigenvalue weighted by molar-refractivity contribution is 5.74. The van der Waals surface area contributed by atoms with Gasteiger partial charge in [-0.25, -0.2) is 4.98 Å². The average molecular weight is 339 g/mol. The van der Waals surface area contributed by atoms with E-state index < -0.39 is 0 Å². The van der Waals surface area contributed by atoms with E-state index in [-0.39, 0.29) is 5.56 Å². The highest BCUT2D eigenvalue weighted by Gasteiger charge is 2.16. The van der Waals surface area contributed by atoms with Crippen LogP contribution >= 0.6 is 0 Å². The number of nitrogens with zero attached hydrogens (tertiary/aromatic N) is 4. The maximum Gasteiger partial charge on any atom is 0.275 e. The Morgan fingerprint density at radius 2 is 1.96 bits per heavy atom. The molecule has 4 rings (SSSR count). The predicted octanol–water partition coefficient (Wildman–Crippen LogP) is 1.45. The van der Waals surface area contributed by atoms with Crippen LogP contribution in [0.5, 0.6) is 0 Å². The number of hydrogen-bond donors (Lipinski definition) is 3. The summed E-state index contributed by atoms with van der Waals surface area (Å²) < 4.78 is 0. The van der Waals surface area contributed by atoms with Crippen molar-refractivity contribution in [2.45, 2.75) is 6.92 Å². The number of likely N-dealkylation sites (N-methyl/N-ethyl adjacent to an activating group) is 1. The van der Waals surface area contributed by atoms with Crippen LogP contribution in [0.4, 0.5) is 17.3 Å². The lowest BCUT2D eigenvalue weighted by Crippen LogP contribution is -2.44. The number of H-pyrrole nitrogens is 2. The third-order valence-corrected chi connectivity index (χ3v) is 4.62. The summed E-state index contributed by atoms with van der Waals surface area (Å²) in [6, 6.07) is 6.27. The largest absolute Gasteiger partial charge is 0.369 e. The van der Waals surface area contributed by atoms with Crippen LogP contribution in [0.1, 0.15) is 5.56 Å².